The van der Waals surface area contributed by atoms with Crippen molar-refractivity contribution in [2.24, 2.45) is 5.16 Å². The molecule has 7 heteroatoms. The molecule has 0 amide bonds. The summed E-state index contributed by atoms with van der Waals surface area (Å²) in [7, 11) is 0. The number of piperidine rings is 1. The first-order chi connectivity index (χ1) is 11.7. The van der Waals surface area contributed by atoms with E-state index in [9.17, 15) is 8.78 Å². The van der Waals surface area contributed by atoms with Gasteiger partial charge in [-0.05, 0) is 44.1 Å². The Balaban J connectivity index is 1.50. The number of hydrogen-bond acceptors (Lipinski definition) is 4. The summed E-state index contributed by atoms with van der Waals surface area (Å²) in [6, 6.07) is 6.05. The van der Waals surface area contributed by atoms with Crippen molar-refractivity contribution in [2.75, 3.05) is 13.1 Å². The van der Waals surface area contributed by atoms with Gasteiger partial charge in [0.05, 0.1) is 11.6 Å². The first-order valence-electron chi connectivity index (χ1n) is 8.15. The number of oxime groups is 1. The topological polar surface area (TPSA) is 51.4 Å². The Morgan fingerprint density at radius 1 is 1.12 bits per heavy atom. The average Bonchev–Trinajstić information content (AvgIpc) is 3.25. The lowest BCUT2D eigenvalue weighted by atomic mass is 10.0. The molecule has 1 aromatic carbocycles. The largest absolute Gasteiger partial charge is 0.387 e. The summed E-state index contributed by atoms with van der Waals surface area (Å²) >= 11 is 0. The molecule has 1 fully saturated rings. The van der Waals surface area contributed by atoms with Crippen LogP contribution >= 0.6 is 0 Å². The van der Waals surface area contributed by atoms with Crippen molar-refractivity contribution in [1.29, 1.82) is 0 Å². The molecule has 0 bridgehead atoms. The molecule has 2 aromatic rings. The molecule has 5 nitrogen and oxygen atoms in total. The molecule has 24 heavy (non-hydrogen) atoms. The average molecular weight is 332 g/mol. The Morgan fingerprint density at radius 3 is 2.62 bits per heavy atom. The Hall–Kier alpha value is -2.28. The Bertz CT molecular complexity index is 747. The van der Waals surface area contributed by atoms with E-state index >= 15 is 0 Å². The molecule has 2 aliphatic heterocycles. The van der Waals surface area contributed by atoms with Crippen LogP contribution in [0.2, 0.25) is 0 Å². The van der Waals surface area contributed by atoms with Crippen LogP contribution in [-0.4, -0.2) is 28.6 Å². The highest BCUT2D eigenvalue weighted by Crippen LogP contribution is 2.32. The van der Waals surface area contributed by atoms with E-state index in [1.165, 1.54) is 18.2 Å². The summed E-state index contributed by atoms with van der Waals surface area (Å²) in [5.74, 6) is -1.23. The summed E-state index contributed by atoms with van der Waals surface area (Å²) in [5, 5.41) is 11.9. The summed E-state index contributed by atoms with van der Waals surface area (Å²) in [6.45, 7) is 1.97. The van der Waals surface area contributed by atoms with Crippen molar-refractivity contribution in [1.82, 2.24) is 15.1 Å². The fraction of sp³-hybridized carbons (Fsp3) is 0.412. The normalized spacial score (nSPS) is 21.6. The van der Waals surface area contributed by atoms with E-state index in [-0.39, 0.29) is 5.56 Å². The molecule has 126 valence electrons. The van der Waals surface area contributed by atoms with Crippen LogP contribution in [0.25, 0.3) is 0 Å². The van der Waals surface area contributed by atoms with E-state index in [0.29, 0.717) is 23.9 Å². The molecular formula is C17H18F2N4O. The third kappa shape index (κ3) is 2.80. The second-order valence-corrected chi connectivity index (χ2v) is 6.13. The number of rotatable bonds is 3. The molecule has 0 spiro atoms. The Labute approximate surface area is 138 Å². The fourth-order valence-corrected chi connectivity index (χ4v) is 3.27. The fourth-order valence-electron chi connectivity index (χ4n) is 3.27. The standard InChI is InChI=1S/C17H18F2N4O/c18-12-2-1-3-13(19)17(12)16-10-15(22-24-16)14-6-9-23(21-14)11-4-7-20-8-5-11/h1-3,6,9,11,16,20H,4-5,7-8,10H2. The van der Waals surface area contributed by atoms with Gasteiger partial charge in [0.15, 0.2) is 6.10 Å². The second kappa shape index (κ2) is 6.32. The molecule has 3 heterocycles. The highest BCUT2D eigenvalue weighted by Gasteiger charge is 2.30. The third-order valence-electron chi connectivity index (χ3n) is 4.58. The van der Waals surface area contributed by atoms with Crippen molar-refractivity contribution < 1.29 is 13.6 Å². The molecule has 1 N–H and O–H groups in total. The van der Waals surface area contributed by atoms with Crippen LogP contribution in [0.4, 0.5) is 8.78 Å². The molecule has 0 aliphatic carbocycles. The highest BCUT2D eigenvalue weighted by atomic mass is 19.1. The number of nitrogens with one attached hydrogen (secondary N) is 1. The van der Waals surface area contributed by atoms with Gasteiger partial charge in [-0.15, -0.1) is 0 Å². The van der Waals surface area contributed by atoms with Gasteiger partial charge in [-0.25, -0.2) is 8.78 Å². The maximum atomic E-state index is 13.9. The van der Waals surface area contributed by atoms with Crippen molar-refractivity contribution in [3.8, 4) is 0 Å². The van der Waals surface area contributed by atoms with Crippen LogP contribution in [0.1, 0.15) is 42.7 Å². The number of benzene rings is 1. The maximum Gasteiger partial charge on any atom is 0.164 e. The van der Waals surface area contributed by atoms with E-state index in [1.807, 2.05) is 16.9 Å². The Kier molecular flexibility index (Phi) is 4.02. The first kappa shape index (κ1) is 15.3. The molecule has 4 rings (SSSR count). The summed E-state index contributed by atoms with van der Waals surface area (Å²) < 4.78 is 29.7. The van der Waals surface area contributed by atoms with Crippen LogP contribution in [0.3, 0.4) is 0 Å². The third-order valence-corrected chi connectivity index (χ3v) is 4.58. The van der Waals surface area contributed by atoms with Crippen LogP contribution in [0, 0.1) is 11.6 Å². The minimum atomic E-state index is -0.745. The SMILES string of the molecule is Fc1cccc(F)c1C1CC(c2ccn(C3CCNCC3)n2)=NO1. The maximum absolute atomic E-state index is 13.9. The molecule has 1 unspecified atom stereocenters. The van der Waals surface area contributed by atoms with Gasteiger partial charge in [0, 0.05) is 12.6 Å². The smallest absolute Gasteiger partial charge is 0.164 e. The van der Waals surface area contributed by atoms with E-state index in [0.717, 1.165) is 25.9 Å². The van der Waals surface area contributed by atoms with Gasteiger partial charge < -0.3 is 10.2 Å². The van der Waals surface area contributed by atoms with Crippen LogP contribution in [-0.2, 0) is 4.84 Å². The van der Waals surface area contributed by atoms with Gasteiger partial charge in [0.1, 0.15) is 23.0 Å². The van der Waals surface area contributed by atoms with E-state index in [4.69, 9.17) is 4.84 Å². The van der Waals surface area contributed by atoms with Crippen LogP contribution in [0.15, 0.2) is 35.6 Å². The van der Waals surface area contributed by atoms with Gasteiger partial charge in [-0.2, -0.15) is 5.10 Å². The molecule has 1 aromatic heterocycles. The van der Waals surface area contributed by atoms with Gasteiger partial charge in [-0.3, -0.25) is 4.68 Å². The van der Waals surface area contributed by atoms with Crippen molar-refractivity contribution in [3.05, 3.63) is 53.4 Å². The number of aromatic nitrogens is 2. The second-order valence-electron chi connectivity index (χ2n) is 6.13. The van der Waals surface area contributed by atoms with Crippen molar-refractivity contribution in [3.63, 3.8) is 0 Å². The highest BCUT2D eigenvalue weighted by molar-refractivity contribution is 5.99. The summed E-state index contributed by atoms with van der Waals surface area (Å²) in [4.78, 5) is 5.27. The summed E-state index contributed by atoms with van der Waals surface area (Å²) in [5.41, 5.74) is 1.25. The van der Waals surface area contributed by atoms with Gasteiger partial charge in [-0.1, -0.05) is 11.2 Å². The molecule has 1 atom stereocenters. The van der Waals surface area contributed by atoms with Crippen molar-refractivity contribution in [2.45, 2.75) is 31.4 Å². The minimum absolute atomic E-state index is 0.0750. The van der Waals surface area contributed by atoms with Gasteiger partial charge in [0.2, 0.25) is 0 Å². The number of nitrogens with zero attached hydrogens (tertiary/aromatic N) is 3. The number of hydrogen-bond donors (Lipinski definition) is 1. The lowest BCUT2D eigenvalue weighted by Crippen LogP contribution is -2.29. The molecule has 1 saturated heterocycles. The lowest BCUT2D eigenvalue weighted by Gasteiger charge is -2.22. The quantitative estimate of drug-likeness (QED) is 0.940. The van der Waals surface area contributed by atoms with E-state index < -0.39 is 17.7 Å². The van der Waals surface area contributed by atoms with Gasteiger partial charge in [0.25, 0.3) is 0 Å². The van der Waals surface area contributed by atoms with E-state index in [1.54, 1.807) is 0 Å². The predicted molar refractivity (Wildman–Crippen MR) is 84.7 cm³/mol. The minimum Gasteiger partial charge on any atom is -0.387 e. The molecule has 0 radical (unpaired) electrons. The molecule has 2 aliphatic rings. The van der Waals surface area contributed by atoms with Crippen LogP contribution < -0.4 is 5.32 Å². The monoisotopic (exact) mass is 332 g/mol. The van der Waals surface area contributed by atoms with Crippen molar-refractivity contribution >= 4 is 5.71 Å². The Morgan fingerprint density at radius 2 is 1.88 bits per heavy atom. The zero-order valence-electron chi connectivity index (χ0n) is 13.1. The zero-order chi connectivity index (χ0) is 16.5. The lowest BCUT2D eigenvalue weighted by molar-refractivity contribution is 0.0800. The summed E-state index contributed by atoms with van der Waals surface area (Å²) in [6.07, 6.45) is 3.57. The van der Waals surface area contributed by atoms with Crippen LogP contribution in [0.5, 0.6) is 0 Å². The first-order valence-corrected chi connectivity index (χ1v) is 8.15. The zero-order valence-corrected chi connectivity index (χ0v) is 13.1. The number of halogens is 2. The molecule has 0 saturated carbocycles. The molecular weight excluding hydrogens is 314 g/mol. The predicted octanol–water partition coefficient (Wildman–Crippen LogP) is 2.95. The van der Waals surface area contributed by atoms with Gasteiger partial charge >= 0.3 is 0 Å². The van der Waals surface area contributed by atoms with E-state index in [2.05, 4.69) is 15.6 Å².